The average molecular weight is 326 g/mol. The van der Waals surface area contributed by atoms with Gasteiger partial charge < -0.3 is 5.73 Å². The molecule has 0 radical (unpaired) electrons. The van der Waals surface area contributed by atoms with E-state index in [4.69, 9.17) is 17.3 Å². The number of pyridine rings is 1. The van der Waals surface area contributed by atoms with Crippen LogP contribution in [0.1, 0.15) is 11.1 Å². The minimum atomic E-state index is 0.239. The summed E-state index contributed by atoms with van der Waals surface area (Å²) in [6, 6.07) is 13.5. The van der Waals surface area contributed by atoms with E-state index in [1.165, 1.54) is 0 Å². The summed E-state index contributed by atoms with van der Waals surface area (Å²) in [5, 5.41) is 12.0. The molecule has 0 amide bonds. The van der Waals surface area contributed by atoms with E-state index in [0.717, 1.165) is 21.6 Å². The van der Waals surface area contributed by atoms with Crippen LogP contribution in [0, 0.1) is 18.3 Å². The molecule has 22 heavy (non-hydrogen) atoms. The minimum Gasteiger partial charge on any atom is -0.383 e. The van der Waals surface area contributed by atoms with Gasteiger partial charge in [0.05, 0.1) is 5.69 Å². The van der Waals surface area contributed by atoms with Crippen molar-refractivity contribution in [2.45, 2.75) is 6.92 Å². The molecule has 3 rings (SSSR count). The highest BCUT2D eigenvalue weighted by molar-refractivity contribution is 7.13. The average Bonchev–Trinajstić information content (AvgIpc) is 2.92. The van der Waals surface area contributed by atoms with Crippen molar-refractivity contribution in [3.8, 4) is 27.8 Å². The number of aromatic nitrogens is 1. The first kappa shape index (κ1) is 14.6. The lowest BCUT2D eigenvalue weighted by atomic mass is 10.0. The molecule has 0 aliphatic rings. The first-order valence-corrected chi connectivity index (χ1v) is 7.87. The van der Waals surface area contributed by atoms with Gasteiger partial charge in [-0.25, -0.2) is 4.98 Å². The molecule has 0 bridgehead atoms. The van der Waals surface area contributed by atoms with Gasteiger partial charge in [0.2, 0.25) is 0 Å². The van der Waals surface area contributed by atoms with Crippen molar-refractivity contribution in [1.82, 2.24) is 4.98 Å². The number of hydrogen-bond acceptors (Lipinski definition) is 4. The van der Waals surface area contributed by atoms with Crippen LogP contribution in [-0.4, -0.2) is 4.98 Å². The molecule has 5 heteroatoms. The number of nitrogen functional groups attached to an aromatic ring is 1. The second kappa shape index (κ2) is 5.80. The maximum absolute atomic E-state index is 9.41. The number of aryl methyl sites for hydroxylation is 1. The molecule has 3 nitrogen and oxygen atoms in total. The Morgan fingerprint density at radius 2 is 2.09 bits per heavy atom. The molecular weight excluding hydrogens is 314 g/mol. The van der Waals surface area contributed by atoms with Crippen molar-refractivity contribution in [1.29, 1.82) is 5.26 Å². The maximum Gasteiger partial charge on any atom is 0.142 e. The van der Waals surface area contributed by atoms with Crippen molar-refractivity contribution < 1.29 is 0 Å². The van der Waals surface area contributed by atoms with Gasteiger partial charge in [0.25, 0.3) is 0 Å². The first-order valence-electron chi connectivity index (χ1n) is 6.61. The molecule has 0 saturated carbocycles. The number of nitrogens with zero attached hydrogens (tertiary/aromatic N) is 2. The van der Waals surface area contributed by atoms with E-state index in [1.807, 2.05) is 48.7 Å². The van der Waals surface area contributed by atoms with Crippen LogP contribution in [0.2, 0.25) is 5.02 Å². The van der Waals surface area contributed by atoms with Crippen LogP contribution in [0.25, 0.3) is 21.7 Å². The Hall–Kier alpha value is -2.35. The normalized spacial score (nSPS) is 10.4. The van der Waals surface area contributed by atoms with Gasteiger partial charge in [-0.1, -0.05) is 23.7 Å². The van der Waals surface area contributed by atoms with Gasteiger partial charge in [0.15, 0.2) is 0 Å². The highest BCUT2D eigenvalue weighted by atomic mass is 35.5. The number of hydrogen-bond donors (Lipinski definition) is 1. The standard InChI is InChI=1S/C17H12ClN3S/c1-10-5-6-22-16(10)13-8-15(21-17(20)14(13)9-19)11-3-2-4-12(18)7-11/h2-8H,1H3,(H2,20,21). The van der Waals surface area contributed by atoms with Crippen LogP contribution in [0.15, 0.2) is 41.8 Å². The summed E-state index contributed by atoms with van der Waals surface area (Å²) in [4.78, 5) is 5.39. The largest absolute Gasteiger partial charge is 0.383 e. The Kier molecular flexibility index (Phi) is 3.84. The highest BCUT2D eigenvalue weighted by Crippen LogP contribution is 2.36. The SMILES string of the molecule is Cc1ccsc1-c1cc(-c2cccc(Cl)c2)nc(N)c1C#N. The predicted octanol–water partition coefficient (Wildman–Crippen LogP) is 4.89. The van der Waals surface area contributed by atoms with E-state index in [1.54, 1.807) is 11.3 Å². The van der Waals surface area contributed by atoms with Crippen molar-refractivity contribution >= 4 is 28.8 Å². The van der Waals surface area contributed by atoms with E-state index in [0.29, 0.717) is 16.3 Å². The second-order valence-electron chi connectivity index (χ2n) is 4.87. The number of thiophene rings is 1. The van der Waals surface area contributed by atoms with E-state index < -0.39 is 0 Å². The Labute approximate surface area is 137 Å². The number of anilines is 1. The highest BCUT2D eigenvalue weighted by Gasteiger charge is 2.15. The lowest BCUT2D eigenvalue weighted by Crippen LogP contribution is -1.99. The molecule has 2 aromatic heterocycles. The van der Waals surface area contributed by atoms with E-state index in [-0.39, 0.29) is 5.82 Å². The molecule has 0 atom stereocenters. The van der Waals surface area contributed by atoms with Gasteiger partial charge in [-0.05, 0) is 42.1 Å². The van der Waals surface area contributed by atoms with Gasteiger partial charge >= 0.3 is 0 Å². The Balaban J connectivity index is 2.26. The van der Waals surface area contributed by atoms with E-state index in [9.17, 15) is 5.26 Å². The third-order valence-electron chi connectivity index (χ3n) is 3.39. The molecule has 0 aliphatic carbocycles. The van der Waals surface area contributed by atoms with Crippen LogP contribution in [0.4, 0.5) is 5.82 Å². The zero-order valence-electron chi connectivity index (χ0n) is 11.8. The topological polar surface area (TPSA) is 62.7 Å². The monoisotopic (exact) mass is 325 g/mol. The Morgan fingerprint density at radius 3 is 2.73 bits per heavy atom. The molecule has 2 N–H and O–H groups in total. The van der Waals surface area contributed by atoms with Gasteiger partial charge in [-0.2, -0.15) is 5.26 Å². The summed E-state index contributed by atoms with van der Waals surface area (Å²) in [6.07, 6.45) is 0. The van der Waals surface area contributed by atoms with Gasteiger partial charge in [-0.3, -0.25) is 0 Å². The third-order valence-corrected chi connectivity index (χ3v) is 4.67. The molecule has 0 saturated heterocycles. The summed E-state index contributed by atoms with van der Waals surface area (Å²) in [5.41, 5.74) is 9.93. The summed E-state index contributed by atoms with van der Waals surface area (Å²) in [5.74, 6) is 0.239. The van der Waals surface area contributed by atoms with Crippen LogP contribution in [0.3, 0.4) is 0 Å². The molecule has 1 aromatic carbocycles. The van der Waals surface area contributed by atoms with Crippen molar-refractivity contribution in [3.63, 3.8) is 0 Å². The van der Waals surface area contributed by atoms with Crippen LogP contribution < -0.4 is 5.73 Å². The van der Waals surface area contributed by atoms with E-state index in [2.05, 4.69) is 11.1 Å². The minimum absolute atomic E-state index is 0.239. The predicted molar refractivity (Wildman–Crippen MR) is 91.9 cm³/mol. The summed E-state index contributed by atoms with van der Waals surface area (Å²) in [7, 11) is 0. The number of rotatable bonds is 2. The number of nitriles is 1. The molecule has 0 aliphatic heterocycles. The molecule has 2 heterocycles. The second-order valence-corrected chi connectivity index (χ2v) is 6.22. The Bertz CT molecular complexity index is 893. The number of halogens is 1. The smallest absolute Gasteiger partial charge is 0.142 e. The lowest BCUT2D eigenvalue weighted by molar-refractivity contribution is 1.31. The van der Waals surface area contributed by atoms with Crippen molar-refractivity contribution in [2.24, 2.45) is 0 Å². The molecule has 108 valence electrons. The Morgan fingerprint density at radius 1 is 1.27 bits per heavy atom. The fraction of sp³-hybridized carbons (Fsp3) is 0.0588. The lowest BCUT2D eigenvalue weighted by Gasteiger charge is -2.10. The molecule has 3 aromatic rings. The van der Waals surface area contributed by atoms with Gasteiger partial charge in [0.1, 0.15) is 17.5 Å². The molecule has 0 fully saturated rings. The van der Waals surface area contributed by atoms with Gasteiger partial charge in [0, 0.05) is 21.0 Å². The van der Waals surface area contributed by atoms with Gasteiger partial charge in [-0.15, -0.1) is 11.3 Å². The first-order chi connectivity index (χ1) is 10.6. The number of nitrogens with two attached hydrogens (primary N) is 1. The molecule has 0 spiro atoms. The zero-order chi connectivity index (χ0) is 15.7. The van der Waals surface area contributed by atoms with Crippen LogP contribution in [0.5, 0.6) is 0 Å². The van der Waals surface area contributed by atoms with Crippen LogP contribution in [-0.2, 0) is 0 Å². The van der Waals surface area contributed by atoms with Crippen LogP contribution >= 0.6 is 22.9 Å². The molecule has 0 unspecified atom stereocenters. The zero-order valence-corrected chi connectivity index (χ0v) is 13.4. The van der Waals surface area contributed by atoms with Crippen molar-refractivity contribution in [2.75, 3.05) is 5.73 Å². The van der Waals surface area contributed by atoms with E-state index >= 15 is 0 Å². The summed E-state index contributed by atoms with van der Waals surface area (Å²) < 4.78 is 0. The summed E-state index contributed by atoms with van der Waals surface area (Å²) in [6.45, 7) is 2.02. The quantitative estimate of drug-likeness (QED) is 0.729. The summed E-state index contributed by atoms with van der Waals surface area (Å²) >= 11 is 7.64. The fourth-order valence-electron chi connectivity index (χ4n) is 2.31. The maximum atomic E-state index is 9.41. The fourth-order valence-corrected chi connectivity index (χ4v) is 3.45. The number of benzene rings is 1. The third kappa shape index (κ3) is 2.57. The van der Waals surface area contributed by atoms with Crippen molar-refractivity contribution in [3.05, 3.63) is 57.9 Å². The molecular formula is C17H12ClN3S.